The summed E-state index contributed by atoms with van der Waals surface area (Å²) in [5.74, 6) is 0.497. The fraction of sp³-hybridized carbons (Fsp3) is 0.444. The molecule has 0 spiro atoms. The molecule has 2 N–H and O–H groups in total. The van der Waals surface area contributed by atoms with Gasteiger partial charge in [0.05, 0.1) is 17.0 Å². The fourth-order valence-electron chi connectivity index (χ4n) is 5.41. The molecule has 8 heteroatoms. The number of rotatable bonds is 5. The maximum Gasteiger partial charge on any atom is 0.252 e. The number of hydrogen-bond acceptors (Lipinski definition) is 6. The van der Waals surface area contributed by atoms with Crippen molar-refractivity contribution in [3.8, 4) is 11.4 Å². The number of fused-ring (bicyclic) bond motifs is 3. The molecule has 3 aromatic rings. The first-order valence-electron chi connectivity index (χ1n) is 12.3. The van der Waals surface area contributed by atoms with Gasteiger partial charge in [-0.3, -0.25) is 9.69 Å². The Hall–Kier alpha value is -3.23. The molecule has 1 aliphatic heterocycles. The highest BCUT2D eigenvalue weighted by atomic mass is 16.1. The largest absolute Gasteiger partial charge is 0.355 e. The van der Waals surface area contributed by atoms with Crippen molar-refractivity contribution in [3.63, 3.8) is 0 Å². The van der Waals surface area contributed by atoms with Crippen molar-refractivity contribution in [2.75, 3.05) is 45.6 Å². The van der Waals surface area contributed by atoms with Crippen LogP contribution in [0.3, 0.4) is 0 Å². The molecule has 0 atom stereocenters. The van der Waals surface area contributed by atoms with E-state index in [1.807, 2.05) is 24.0 Å². The third-order valence-corrected chi connectivity index (χ3v) is 7.24. The van der Waals surface area contributed by atoms with Crippen LogP contribution >= 0.6 is 0 Å². The predicted molar refractivity (Wildman–Crippen MR) is 139 cm³/mol. The molecule has 1 fully saturated rings. The molecule has 3 heterocycles. The van der Waals surface area contributed by atoms with Gasteiger partial charge < -0.3 is 20.1 Å². The van der Waals surface area contributed by atoms with Crippen molar-refractivity contribution in [3.05, 3.63) is 58.9 Å². The summed E-state index contributed by atoms with van der Waals surface area (Å²) in [7, 11) is 5.83. The average molecular weight is 474 g/mol. The molecule has 1 aliphatic carbocycles. The van der Waals surface area contributed by atoms with Crippen molar-refractivity contribution in [2.45, 2.75) is 32.2 Å². The molecule has 1 amide bonds. The van der Waals surface area contributed by atoms with Crippen LogP contribution < -0.4 is 10.6 Å². The summed E-state index contributed by atoms with van der Waals surface area (Å²) in [6.45, 7) is 9.71. The number of likely N-dealkylation sites (N-methyl/N-ethyl adjacent to an activating group) is 1. The second-order valence-electron chi connectivity index (χ2n) is 10.5. The van der Waals surface area contributed by atoms with E-state index >= 15 is 0 Å². The van der Waals surface area contributed by atoms with Gasteiger partial charge in [-0.15, -0.1) is 0 Å². The molecule has 2 aliphatic rings. The lowest BCUT2D eigenvalue weighted by Crippen LogP contribution is -2.43. The summed E-state index contributed by atoms with van der Waals surface area (Å²) in [5, 5.41) is 6.20. The van der Waals surface area contributed by atoms with Crippen molar-refractivity contribution < 1.29 is 4.79 Å². The van der Waals surface area contributed by atoms with Gasteiger partial charge in [0.2, 0.25) is 5.95 Å². The second-order valence-corrected chi connectivity index (χ2v) is 10.5. The minimum atomic E-state index is -0.193. The Bertz CT molecular complexity index is 1250. The van der Waals surface area contributed by atoms with Crippen molar-refractivity contribution in [1.29, 1.82) is 0 Å². The van der Waals surface area contributed by atoms with E-state index in [9.17, 15) is 4.79 Å². The minimum absolute atomic E-state index is 0.0667. The van der Waals surface area contributed by atoms with Gasteiger partial charge >= 0.3 is 0 Å². The first-order valence-corrected chi connectivity index (χ1v) is 12.3. The van der Waals surface area contributed by atoms with Crippen molar-refractivity contribution >= 4 is 17.5 Å². The molecule has 0 radical (unpaired) electrons. The Morgan fingerprint density at radius 3 is 2.66 bits per heavy atom. The molecule has 35 heavy (non-hydrogen) atoms. The summed E-state index contributed by atoms with van der Waals surface area (Å²) < 4.78 is 2.02. The van der Waals surface area contributed by atoms with Crippen LogP contribution in [0.4, 0.5) is 11.6 Å². The van der Waals surface area contributed by atoms with Crippen LogP contribution in [0, 0.1) is 0 Å². The lowest BCUT2D eigenvalue weighted by atomic mass is 9.72. The zero-order chi connectivity index (χ0) is 24.7. The number of amides is 1. The van der Waals surface area contributed by atoms with Gasteiger partial charge in [0.25, 0.3) is 5.91 Å². The Morgan fingerprint density at radius 2 is 1.91 bits per heavy atom. The minimum Gasteiger partial charge on any atom is -0.355 e. The highest BCUT2D eigenvalue weighted by Crippen LogP contribution is 2.44. The predicted octanol–water partition coefficient (Wildman–Crippen LogP) is 3.17. The third kappa shape index (κ3) is 4.56. The zero-order valence-corrected chi connectivity index (χ0v) is 21.4. The molecular formula is C27H35N7O. The molecule has 5 rings (SSSR count). The SMILES string of the molecule is CNC(=O)c1cn(C)c2c1C(C)(C)Cc1cnc(Nc3cccc(CN4CCN(C)CC4)c3)nc1-2. The van der Waals surface area contributed by atoms with Crippen LogP contribution in [0.1, 0.15) is 40.9 Å². The lowest BCUT2D eigenvalue weighted by Gasteiger charge is -2.32. The second kappa shape index (κ2) is 9.09. The lowest BCUT2D eigenvalue weighted by molar-refractivity contribution is 0.0961. The third-order valence-electron chi connectivity index (χ3n) is 7.24. The monoisotopic (exact) mass is 473 g/mol. The zero-order valence-electron chi connectivity index (χ0n) is 21.4. The van der Waals surface area contributed by atoms with E-state index in [0.29, 0.717) is 11.5 Å². The summed E-state index contributed by atoms with van der Waals surface area (Å²) >= 11 is 0. The topological polar surface area (TPSA) is 78.3 Å². The number of carbonyl (C=O) groups is 1. The molecule has 184 valence electrons. The van der Waals surface area contributed by atoms with E-state index in [1.165, 1.54) is 5.56 Å². The van der Waals surface area contributed by atoms with E-state index in [-0.39, 0.29) is 11.3 Å². The molecule has 1 aromatic carbocycles. The van der Waals surface area contributed by atoms with Gasteiger partial charge in [-0.25, -0.2) is 9.97 Å². The number of benzene rings is 1. The van der Waals surface area contributed by atoms with E-state index in [0.717, 1.165) is 67.3 Å². The van der Waals surface area contributed by atoms with Crippen molar-refractivity contribution in [1.82, 2.24) is 29.7 Å². The molecule has 1 saturated heterocycles. The summed E-state index contributed by atoms with van der Waals surface area (Å²) in [6, 6.07) is 8.49. The van der Waals surface area contributed by atoms with Gasteiger partial charge in [0, 0.05) is 64.9 Å². The van der Waals surface area contributed by atoms with E-state index in [2.05, 4.69) is 70.6 Å². The van der Waals surface area contributed by atoms with E-state index < -0.39 is 0 Å². The normalized spacial score (nSPS) is 17.5. The number of anilines is 2. The maximum atomic E-state index is 12.6. The summed E-state index contributed by atoms with van der Waals surface area (Å²) in [6.07, 6.45) is 4.62. The van der Waals surface area contributed by atoms with Crippen LogP contribution in [0.15, 0.2) is 36.7 Å². The number of nitrogens with one attached hydrogen (secondary N) is 2. The smallest absolute Gasteiger partial charge is 0.252 e. The van der Waals surface area contributed by atoms with Crippen LogP contribution in [-0.4, -0.2) is 70.5 Å². The summed E-state index contributed by atoms with van der Waals surface area (Å²) in [5.41, 5.74) is 6.80. The number of piperazine rings is 1. The summed E-state index contributed by atoms with van der Waals surface area (Å²) in [4.78, 5) is 27.1. The van der Waals surface area contributed by atoms with E-state index in [1.54, 1.807) is 7.05 Å². The number of aromatic nitrogens is 3. The molecular weight excluding hydrogens is 438 g/mol. The van der Waals surface area contributed by atoms with Gasteiger partial charge in [-0.05, 0) is 47.7 Å². The Morgan fingerprint density at radius 1 is 1.14 bits per heavy atom. The first-order chi connectivity index (χ1) is 16.7. The first kappa shape index (κ1) is 23.5. The average Bonchev–Trinajstić information content (AvgIpc) is 3.19. The standard InChI is InChI=1S/C27H35N7O/c1-27(2)14-19-15-29-26(31-23(19)24-22(27)21(17-33(24)5)25(35)28-3)30-20-8-6-7-18(13-20)16-34-11-9-32(4)10-12-34/h6-8,13,15,17H,9-12,14,16H2,1-5H3,(H,28,35)(H,29,30,31). The number of carbonyl (C=O) groups excluding carboxylic acids is 1. The molecule has 0 unspecified atom stereocenters. The van der Waals surface area contributed by atoms with Gasteiger partial charge in [-0.2, -0.15) is 0 Å². The van der Waals surface area contributed by atoms with E-state index in [4.69, 9.17) is 4.98 Å². The molecule has 0 bridgehead atoms. The molecule has 0 saturated carbocycles. The van der Waals surface area contributed by atoms with Crippen LogP contribution in [-0.2, 0) is 25.4 Å². The number of hydrogen-bond donors (Lipinski definition) is 2. The van der Waals surface area contributed by atoms with Crippen molar-refractivity contribution in [2.24, 2.45) is 7.05 Å². The Kier molecular flexibility index (Phi) is 6.11. The Labute approximate surface area is 207 Å². The quantitative estimate of drug-likeness (QED) is 0.593. The fourth-order valence-corrected chi connectivity index (χ4v) is 5.41. The van der Waals surface area contributed by atoms with Crippen LogP contribution in [0.2, 0.25) is 0 Å². The highest BCUT2D eigenvalue weighted by Gasteiger charge is 2.38. The van der Waals surface area contributed by atoms with Gasteiger partial charge in [0.1, 0.15) is 0 Å². The Balaban J connectivity index is 1.42. The van der Waals surface area contributed by atoms with Gasteiger partial charge in [-0.1, -0.05) is 26.0 Å². The van der Waals surface area contributed by atoms with Crippen LogP contribution in [0.5, 0.6) is 0 Å². The maximum absolute atomic E-state index is 12.6. The molecule has 2 aromatic heterocycles. The highest BCUT2D eigenvalue weighted by molar-refractivity contribution is 5.98. The number of aryl methyl sites for hydroxylation is 1. The molecule has 8 nitrogen and oxygen atoms in total. The van der Waals surface area contributed by atoms with Gasteiger partial charge in [0.15, 0.2) is 0 Å². The van der Waals surface area contributed by atoms with Crippen LogP contribution in [0.25, 0.3) is 11.4 Å². The number of nitrogens with zero attached hydrogens (tertiary/aromatic N) is 5.